The summed E-state index contributed by atoms with van der Waals surface area (Å²) in [5, 5.41) is 5.21. The zero-order valence-electron chi connectivity index (χ0n) is 8.62. The first kappa shape index (κ1) is 11.2. The highest BCUT2D eigenvalue weighted by Gasteiger charge is 1.99. The third-order valence-corrected chi connectivity index (χ3v) is 2.18. The Morgan fingerprint density at radius 1 is 1.13 bits per heavy atom. The van der Waals surface area contributed by atoms with E-state index in [0.717, 1.165) is 16.7 Å². The third-order valence-electron chi connectivity index (χ3n) is 2.18. The number of carbonyl (C=O) groups excluding carboxylic acids is 2. The summed E-state index contributed by atoms with van der Waals surface area (Å²) in [5.74, 6) is 0. The van der Waals surface area contributed by atoms with Crippen LogP contribution < -0.4 is 10.6 Å². The molecule has 0 saturated carbocycles. The highest BCUT2D eigenvalue weighted by molar-refractivity contribution is 5.47. The minimum absolute atomic E-state index is 0.512. The largest absolute Gasteiger partial charge is 0.355 e. The van der Waals surface area contributed by atoms with Crippen molar-refractivity contribution in [3.05, 3.63) is 34.9 Å². The van der Waals surface area contributed by atoms with Crippen molar-refractivity contribution in [1.29, 1.82) is 0 Å². The third kappa shape index (κ3) is 3.42. The molecular formula is C11H14N2O2. The van der Waals surface area contributed by atoms with Gasteiger partial charge in [-0.15, -0.1) is 0 Å². The lowest BCUT2D eigenvalue weighted by Crippen LogP contribution is -2.13. The van der Waals surface area contributed by atoms with E-state index in [-0.39, 0.29) is 0 Å². The number of rotatable bonds is 6. The van der Waals surface area contributed by atoms with Crippen LogP contribution >= 0.6 is 0 Å². The molecule has 0 fully saturated rings. The number of carbonyl (C=O) groups is 2. The minimum Gasteiger partial charge on any atom is -0.355 e. The van der Waals surface area contributed by atoms with Crippen molar-refractivity contribution >= 4 is 12.8 Å². The van der Waals surface area contributed by atoms with Gasteiger partial charge in [0, 0.05) is 13.1 Å². The number of hydrogen-bond donors (Lipinski definition) is 2. The summed E-state index contributed by atoms with van der Waals surface area (Å²) in [6.45, 7) is 3.01. The van der Waals surface area contributed by atoms with Crippen LogP contribution in [0.15, 0.2) is 18.2 Å². The van der Waals surface area contributed by atoms with Gasteiger partial charge in [0.1, 0.15) is 0 Å². The zero-order valence-corrected chi connectivity index (χ0v) is 8.62. The van der Waals surface area contributed by atoms with Gasteiger partial charge >= 0.3 is 0 Å². The molecule has 0 unspecified atom stereocenters. The zero-order chi connectivity index (χ0) is 11.1. The summed E-state index contributed by atoms with van der Waals surface area (Å²) < 4.78 is 0. The maximum atomic E-state index is 10.2. The smallest absolute Gasteiger partial charge is 0.207 e. The second-order valence-corrected chi connectivity index (χ2v) is 3.26. The van der Waals surface area contributed by atoms with E-state index in [1.165, 1.54) is 0 Å². The second-order valence-electron chi connectivity index (χ2n) is 3.26. The fourth-order valence-electron chi connectivity index (χ4n) is 1.34. The Bertz CT molecular complexity index is 350. The predicted molar refractivity (Wildman–Crippen MR) is 57.0 cm³/mol. The molecule has 1 aromatic carbocycles. The summed E-state index contributed by atoms with van der Waals surface area (Å²) >= 11 is 0. The molecule has 15 heavy (non-hydrogen) atoms. The van der Waals surface area contributed by atoms with Crippen LogP contribution in [0.4, 0.5) is 0 Å². The molecular weight excluding hydrogens is 192 g/mol. The maximum absolute atomic E-state index is 10.2. The number of hydrogen-bond acceptors (Lipinski definition) is 2. The van der Waals surface area contributed by atoms with Crippen molar-refractivity contribution in [3.63, 3.8) is 0 Å². The Kier molecular flexibility index (Phi) is 4.34. The summed E-state index contributed by atoms with van der Waals surface area (Å²) in [5.41, 5.74) is 3.21. The summed E-state index contributed by atoms with van der Waals surface area (Å²) in [4.78, 5) is 20.3. The van der Waals surface area contributed by atoms with Crippen LogP contribution in [-0.4, -0.2) is 12.8 Å². The molecule has 0 aliphatic heterocycles. The van der Waals surface area contributed by atoms with Gasteiger partial charge in [-0.25, -0.2) is 0 Å². The topological polar surface area (TPSA) is 58.2 Å². The second kappa shape index (κ2) is 5.80. The lowest BCUT2D eigenvalue weighted by molar-refractivity contribution is -0.110. The molecule has 2 amide bonds. The van der Waals surface area contributed by atoms with E-state index in [4.69, 9.17) is 0 Å². The molecule has 0 aliphatic carbocycles. The van der Waals surface area contributed by atoms with Gasteiger partial charge < -0.3 is 10.6 Å². The van der Waals surface area contributed by atoms with E-state index < -0.39 is 0 Å². The van der Waals surface area contributed by atoms with Crippen LogP contribution in [0.3, 0.4) is 0 Å². The molecule has 1 rings (SSSR count). The van der Waals surface area contributed by atoms with E-state index in [1.807, 2.05) is 25.1 Å². The summed E-state index contributed by atoms with van der Waals surface area (Å²) in [6.07, 6.45) is 1.35. The van der Waals surface area contributed by atoms with Gasteiger partial charge in [-0.3, -0.25) is 9.59 Å². The molecule has 0 heterocycles. The van der Waals surface area contributed by atoms with Crippen LogP contribution in [0.1, 0.15) is 16.7 Å². The first-order chi connectivity index (χ1) is 7.27. The Morgan fingerprint density at radius 3 is 2.47 bits per heavy atom. The molecule has 0 spiro atoms. The number of aryl methyl sites for hydroxylation is 1. The van der Waals surface area contributed by atoms with E-state index in [2.05, 4.69) is 10.6 Å². The van der Waals surface area contributed by atoms with Gasteiger partial charge in [-0.05, 0) is 23.6 Å². The number of benzene rings is 1. The van der Waals surface area contributed by atoms with Crippen molar-refractivity contribution in [2.24, 2.45) is 0 Å². The van der Waals surface area contributed by atoms with E-state index in [1.54, 1.807) is 0 Å². The minimum atomic E-state index is 0.512. The molecule has 2 N–H and O–H groups in total. The average Bonchev–Trinajstić information content (AvgIpc) is 2.26. The highest BCUT2D eigenvalue weighted by Crippen LogP contribution is 2.10. The monoisotopic (exact) mass is 206 g/mol. The van der Waals surface area contributed by atoms with Crippen LogP contribution in [0.25, 0.3) is 0 Å². The molecule has 4 nitrogen and oxygen atoms in total. The van der Waals surface area contributed by atoms with E-state index >= 15 is 0 Å². The molecule has 0 aliphatic rings. The molecule has 0 bridgehead atoms. The van der Waals surface area contributed by atoms with Gasteiger partial charge in [-0.1, -0.05) is 18.2 Å². The quantitative estimate of drug-likeness (QED) is 0.665. The van der Waals surface area contributed by atoms with Gasteiger partial charge in [-0.2, -0.15) is 0 Å². The van der Waals surface area contributed by atoms with Crippen LogP contribution in [0.5, 0.6) is 0 Å². The van der Waals surface area contributed by atoms with E-state index in [0.29, 0.717) is 25.9 Å². The summed E-state index contributed by atoms with van der Waals surface area (Å²) in [7, 11) is 0. The fraction of sp³-hybridized carbons (Fsp3) is 0.273. The SMILES string of the molecule is Cc1ccc(CNC=O)cc1CNC=O. The van der Waals surface area contributed by atoms with Gasteiger partial charge in [0.05, 0.1) is 0 Å². The Balaban J connectivity index is 2.74. The van der Waals surface area contributed by atoms with Gasteiger partial charge in [0.2, 0.25) is 12.8 Å². The van der Waals surface area contributed by atoms with Crippen molar-refractivity contribution in [2.75, 3.05) is 0 Å². The lowest BCUT2D eigenvalue weighted by atomic mass is 10.1. The Morgan fingerprint density at radius 2 is 1.80 bits per heavy atom. The molecule has 0 saturated heterocycles. The predicted octanol–water partition coefficient (Wildman–Crippen LogP) is 0.487. The molecule has 80 valence electrons. The van der Waals surface area contributed by atoms with Crippen molar-refractivity contribution in [1.82, 2.24) is 10.6 Å². The molecule has 0 radical (unpaired) electrons. The fourth-order valence-corrected chi connectivity index (χ4v) is 1.34. The Labute approximate surface area is 88.7 Å². The number of amides is 2. The van der Waals surface area contributed by atoms with Crippen LogP contribution in [-0.2, 0) is 22.7 Å². The summed E-state index contributed by atoms with van der Waals surface area (Å²) in [6, 6.07) is 5.90. The van der Waals surface area contributed by atoms with Gasteiger partial charge in [0.25, 0.3) is 0 Å². The first-order valence-corrected chi connectivity index (χ1v) is 4.70. The van der Waals surface area contributed by atoms with Crippen LogP contribution in [0, 0.1) is 6.92 Å². The molecule has 1 aromatic rings. The average molecular weight is 206 g/mol. The normalized spacial score (nSPS) is 9.40. The highest BCUT2D eigenvalue weighted by atomic mass is 16.1. The molecule has 0 atom stereocenters. The van der Waals surface area contributed by atoms with Crippen molar-refractivity contribution in [3.8, 4) is 0 Å². The van der Waals surface area contributed by atoms with E-state index in [9.17, 15) is 9.59 Å². The molecule has 4 heteroatoms. The Hall–Kier alpha value is -1.84. The van der Waals surface area contributed by atoms with Crippen LogP contribution in [0.2, 0.25) is 0 Å². The standard InChI is InChI=1S/C11H14N2O2/c1-9-2-3-10(5-12-7-14)4-11(9)6-13-8-15/h2-4,7-8H,5-6H2,1H3,(H,12,14)(H,13,15). The molecule has 0 aromatic heterocycles. The van der Waals surface area contributed by atoms with Crippen molar-refractivity contribution in [2.45, 2.75) is 20.0 Å². The first-order valence-electron chi connectivity index (χ1n) is 4.70. The number of nitrogens with one attached hydrogen (secondary N) is 2. The maximum Gasteiger partial charge on any atom is 0.207 e. The lowest BCUT2D eigenvalue weighted by Gasteiger charge is -2.07. The van der Waals surface area contributed by atoms with Crippen molar-refractivity contribution < 1.29 is 9.59 Å². The van der Waals surface area contributed by atoms with Gasteiger partial charge in [0.15, 0.2) is 0 Å².